The van der Waals surface area contributed by atoms with E-state index in [1.165, 1.54) is 21.8 Å². The fraction of sp³-hybridized carbons (Fsp3) is 0.480. The smallest absolute Gasteiger partial charge is 0.232 e. The normalized spacial score (nSPS) is 16.8. The van der Waals surface area contributed by atoms with Crippen molar-refractivity contribution in [2.45, 2.75) is 38.6 Å². The SMILES string of the molecule is CC1Cc2ccccc2N1CCCNC(=O)CCCN(c1ccc2c(c1)OCCO2)S(C)(=O)=O. The Morgan fingerprint density at radius 2 is 1.88 bits per heavy atom. The lowest BCUT2D eigenvalue weighted by molar-refractivity contribution is -0.121. The summed E-state index contributed by atoms with van der Waals surface area (Å²) in [4.78, 5) is 14.7. The predicted octanol–water partition coefficient (Wildman–Crippen LogP) is 2.96. The van der Waals surface area contributed by atoms with Gasteiger partial charge in [-0.25, -0.2) is 8.42 Å². The number of rotatable bonds is 10. The molecule has 1 amide bonds. The molecule has 184 valence electrons. The maximum atomic E-state index is 12.4. The van der Waals surface area contributed by atoms with Gasteiger partial charge in [0.25, 0.3) is 0 Å². The van der Waals surface area contributed by atoms with Gasteiger partial charge in [0, 0.05) is 43.9 Å². The van der Waals surface area contributed by atoms with Crippen molar-refractivity contribution in [1.29, 1.82) is 0 Å². The summed E-state index contributed by atoms with van der Waals surface area (Å²) in [6.07, 6.45) is 3.77. The van der Waals surface area contributed by atoms with E-state index < -0.39 is 10.0 Å². The summed E-state index contributed by atoms with van der Waals surface area (Å²) in [7, 11) is -3.50. The third kappa shape index (κ3) is 5.75. The Labute approximate surface area is 201 Å². The van der Waals surface area contributed by atoms with E-state index in [2.05, 4.69) is 41.4 Å². The second-order valence-electron chi connectivity index (χ2n) is 8.85. The van der Waals surface area contributed by atoms with Crippen LogP contribution in [-0.4, -0.2) is 59.5 Å². The van der Waals surface area contributed by atoms with Crippen molar-refractivity contribution in [3.63, 3.8) is 0 Å². The topological polar surface area (TPSA) is 88.2 Å². The van der Waals surface area contributed by atoms with Crippen LogP contribution in [0.5, 0.6) is 11.5 Å². The molecule has 34 heavy (non-hydrogen) atoms. The van der Waals surface area contributed by atoms with Gasteiger partial charge in [-0.05, 0) is 49.9 Å². The molecule has 2 heterocycles. The molecular formula is C25H33N3O5S. The molecule has 0 fully saturated rings. The number of benzene rings is 2. The molecule has 0 spiro atoms. The fourth-order valence-electron chi connectivity index (χ4n) is 4.59. The van der Waals surface area contributed by atoms with Gasteiger partial charge in [0.2, 0.25) is 15.9 Å². The highest BCUT2D eigenvalue weighted by atomic mass is 32.2. The number of anilines is 2. The molecule has 4 rings (SSSR count). The Kier molecular flexibility index (Phi) is 7.50. The summed E-state index contributed by atoms with van der Waals surface area (Å²) in [5, 5.41) is 2.97. The number of ether oxygens (including phenoxy) is 2. The minimum absolute atomic E-state index is 0.0644. The highest BCUT2D eigenvalue weighted by Gasteiger charge is 2.25. The monoisotopic (exact) mass is 487 g/mol. The maximum absolute atomic E-state index is 12.4. The van der Waals surface area contributed by atoms with Crippen molar-refractivity contribution in [3.05, 3.63) is 48.0 Å². The van der Waals surface area contributed by atoms with E-state index in [9.17, 15) is 13.2 Å². The summed E-state index contributed by atoms with van der Waals surface area (Å²) in [5.41, 5.74) is 3.18. The summed E-state index contributed by atoms with van der Waals surface area (Å²) >= 11 is 0. The lowest BCUT2D eigenvalue weighted by Gasteiger charge is -2.25. The van der Waals surface area contributed by atoms with Crippen molar-refractivity contribution in [1.82, 2.24) is 5.32 Å². The first-order chi connectivity index (χ1) is 16.3. The minimum atomic E-state index is -3.50. The van der Waals surface area contributed by atoms with Gasteiger partial charge < -0.3 is 19.7 Å². The molecule has 0 aliphatic carbocycles. The average molecular weight is 488 g/mol. The molecule has 2 aliphatic heterocycles. The van der Waals surface area contributed by atoms with Crippen molar-refractivity contribution in [2.75, 3.05) is 48.3 Å². The molecule has 2 aromatic carbocycles. The number of hydrogen-bond acceptors (Lipinski definition) is 6. The summed E-state index contributed by atoms with van der Waals surface area (Å²) < 4.78 is 37.1. The molecule has 0 aromatic heterocycles. The quantitative estimate of drug-likeness (QED) is 0.519. The Morgan fingerprint density at radius 1 is 1.12 bits per heavy atom. The van der Waals surface area contributed by atoms with Crippen molar-refractivity contribution >= 4 is 27.3 Å². The molecule has 9 heteroatoms. The van der Waals surface area contributed by atoms with Crippen molar-refractivity contribution in [3.8, 4) is 11.5 Å². The molecule has 0 radical (unpaired) electrons. The number of sulfonamides is 1. The van der Waals surface area contributed by atoms with Gasteiger partial charge in [0.15, 0.2) is 11.5 Å². The van der Waals surface area contributed by atoms with Crippen LogP contribution in [0.4, 0.5) is 11.4 Å². The molecular weight excluding hydrogens is 454 g/mol. The largest absolute Gasteiger partial charge is 0.486 e. The van der Waals surface area contributed by atoms with Gasteiger partial charge in [-0.2, -0.15) is 0 Å². The maximum Gasteiger partial charge on any atom is 0.232 e. The highest BCUT2D eigenvalue weighted by molar-refractivity contribution is 7.92. The predicted molar refractivity (Wildman–Crippen MR) is 133 cm³/mol. The summed E-state index contributed by atoms with van der Waals surface area (Å²) in [6, 6.07) is 14.0. The number of amides is 1. The third-order valence-corrected chi connectivity index (χ3v) is 7.42. The summed E-state index contributed by atoms with van der Waals surface area (Å²) in [5.74, 6) is 1.07. The Bertz CT molecular complexity index is 1120. The van der Waals surface area contributed by atoms with Crippen LogP contribution in [-0.2, 0) is 21.2 Å². The number of carbonyl (C=O) groups excluding carboxylic acids is 1. The van der Waals surface area contributed by atoms with E-state index in [4.69, 9.17) is 9.47 Å². The molecule has 1 N–H and O–H groups in total. The zero-order chi connectivity index (χ0) is 24.1. The molecule has 1 atom stereocenters. The van der Waals surface area contributed by atoms with Gasteiger partial charge in [-0.15, -0.1) is 0 Å². The summed E-state index contributed by atoms with van der Waals surface area (Å²) in [6.45, 7) is 4.84. The molecule has 0 saturated carbocycles. The lowest BCUT2D eigenvalue weighted by atomic mass is 10.1. The molecule has 0 bridgehead atoms. The van der Waals surface area contributed by atoms with E-state index in [-0.39, 0.29) is 18.9 Å². The van der Waals surface area contributed by atoms with E-state index in [1.807, 2.05) is 0 Å². The van der Waals surface area contributed by atoms with Crippen LogP contribution in [0.1, 0.15) is 31.7 Å². The van der Waals surface area contributed by atoms with Crippen molar-refractivity contribution in [2.24, 2.45) is 0 Å². The molecule has 8 nitrogen and oxygen atoms in total. The molecule has 0 saturated heterocycles. The van der Waals surface area contributed by atoms with E-state index >= 15 is 0 Å². The lowest BCUT2D eigenvalue weighted by Crippen LogP contribution is -2.34. The average Bonchev–Trinajstić information content (AvgIpc) is 3.13. The number of nitrogens with one attached hydrogen (secondary N) is 1. The number of hydrogen-bond donors (Lipinski definition) is 1. The van der Waals surface area contributed by atoms with Crippen LogP contribution in [0.25, 0.3) is 0 Å². The van der Waals surface area contributed by atoms with Gasteiger partial charge >= 0.3 is 0 Å². The minimum Gasteiger partial charge on any atom is -0.486 e. The molecule has 2 aromatic rings. The zero-order valence-electron chi connectivity index (χ0n) is 19.8. The number of para-hydroxylation sites is 1. The Morgan fingerprint density at radius 3 is 2.68 bits per heavy atom. The number of carbonyl (C=O) groups is 1. The molecule has 2 aliphatic rings. The van der Waals surface area contributed by atoms with Crippen LogP contribution in [0, 0.1) is 0 Å². The van der Waals surface area contributed by atoms with Gasteiger partial charge in [0.05, 0.1) is 11.9 Å². The third-order valence-electron chi connectivity index (χ3n) is 6.23. The second-order valence-corrected chi connectivity index (χ2v) is 10.8. The van der Waals surface area contributed by atoms with Crippen LogP contribution in [0.3, 0.4) is 0 Å². The number of nitrogens with zero attached hydrogens (tertiary/aromatic N) is 2. The standard InChI is InChI=1S/C25H33N3O5S/c1-19-17-20-7-3-4-8-22(20)27(19)13-6-12-26-25(29)9-5-14-28(34(2,30)31)21-10-11-23-24(18-21)33-16-15-32-23/h3-4,7-8,10-11,18-19H,5-6,9,12-17H2,1-2H3,(H,26,29). The zero-order valence-corrected chi connectivity index (χ0v) is 20.6. The fourth-order valence-corrected chi connectivity index (χ4v) is 5.55. The number of fused-ring (bicyclic) bond motifs is 2. The van der Waals surface area contributed by atoms with E-state index in [0.29, 0.717) is 49.4 Å². The first kappa shape index (κ1) is 24.2. The van der Waals surface area contributed by atoms with Gasteiger partial charge in [-0.3, -0.25) is 9.10 Å². The van der Waals surface area contributed by atoms with Crippen molar-refractivity contribution < 1.29 is 22.7 Å². The van der Waals surface area contributed by atoms with E-state index in [1.54, 1.807) is 18.2 Å². The van der Waals surface area contributed by atoms with Crippen LogP contribution in [0.15, 0.2) is 42.5 Å². The van der Waals surface area contributed by atoms with Gasteiger partial charge in [0.1, 0.15) is 13.2 Å². The van der Waals surface area contributed by atoms with Crippen LogP contribution < -0.4 is 24.0 Å². The second kappa shape index (κ2) is 10.5. The van der Waals surface area contributed by atoms with E-state index in [0.717, 1.165) is 19.4 Å². The van der Waals surface area contributed by atoms with Crippen LogP contribution in [0.2, 0.25) is 0 Å². The first-order valence-electron chi connectivity index (χ1n) is 11.8. The van der Waals surface area contributed by atoms with Crippen LogP contribution >= 0.6 is 0 Å². The Balaban J connectivity index is 1.22. The first-order valence-corrected chi connectivity index (χ1v) is 13.7. The van der Waals surface area contributed by atoms with Gasteiger partial charge in [-0.1, -0.05) is 18.2 Å². The Hall–Kier alpha value is -2.94. The molecule has 1 unspecified atom stereocenters. The highest BCUT2D eigenvalue weighted by Crippen LogP contribution is 2.35.